The number of hydrazone groups is 1. The van der Waals surface area contributed by atoms with Crippen LogP contribution in [-0.2, 0) is 0 Å². The molecule has 0 aromatic heterocycles. The van der Waals surface area contributed by atoms with Gasteiger partial charge in [0, 0.05) is 20.9 Å². The SMILES string of the molecule is COc1cc(C(=O)N2N=C(c3ccc(Br)cc3)C[C@@H]2c2ccc(Br)cc2)cc(OC)c1OC. The van der Waals surface area contributed by atoms with Crippen molar-refractivity contribution in [2.45, 2.75) is 12.5 Å². The third-order valence-corrected chi connectivity index (χ3v) is 6.52. The Bertz CT molecular complexity index is 1170. The average Bonchev–Trinajstić information content (AvgIpc) is 3.28. The van der Waals surface area contributed by atoms with Gasteiger partial charge in [-0.25, -0.2) is 5.01 Å². The normalized spacial score (nSPS) is 15.2. The molecule has 6 nitrogen and oxygen atoms in total. The van der Waals surface area contributed by atoms with Crippen LogP contribution in [0.15, 0.2) is 74.7 Å². The van der Waals surface area contributed by atoms with E-state index in [0.717, 1.165) is 25.8 Å². The maximum absolute atomic E-state index is 13.7. The van der Waals surface area contributed by atoms with E-state index in [9.17, 15) is 4.79 Å². The summed E-state index contributed by atoms with van der Waals surface area (Å²) in [5.74, 6) is 1.00. The topological polar surface area (TPSA) is 60.4 Å². The van der Waals surface area contributed by atoms with Gasteiger partial charge in [-0.2, -0.15) is 5.10 Å². The highest BCUT2D eigenvalue weighted by Gasteiger charge is 2.34. The predicted octanol–water partition coefficient (Wildman–Crippen LogP) is 6.23. The number of benzene rings is 3. The van der Waals surface area contributed by atoms with Crippen molar-refractivity contribution in [1.82, 2.24) is 5.01 Å². The fourth-order valence-corrected chi connectivity index (χ4v) is 4.32. The number of ether oxygens (including phenoxy) is 3. The zero-order valence-corrected chi connectivity index (χ0v) is 21.5. The number of carbonyl (C=O) groups excluding carboxylic acids is 1. The molecule has 1 aliphatic rings. The van der Waals surface area contributed by atoms with Crippen LogP contribution in [0.4, 0.5) is 0 Å². The maximum Gasteiger partial charge on any atom is 0.274 e. The van der Waals surface area contributed by atoms with Crippen LogP contribution < -0.4 is 14.2 Å². The number of hydrogen-bond donors (Lipinski definition) is 0. The van der Waals surface area contributed by atoms with Crippen molar-refractivity contribution in [1.29, 1.82) is 0 Å². The molecule has 1 amide bonds. The smallest absolute Gasteiger partial charge is 0.274 e. The van der Waals surface area contributed by atoms with E-state index < -0.39 is 0 Å². The van der Waals surface area contributed by atoms with Crippen LogP contribution in [0.2, 0.25) is 0 Å². The summed E-state index contributed by atoms with van der Waals surface area (Å²) in [5, 5.41) is 6.30. The summed E-state index contributed by atoms with van der Waals surface area (Å²) in [6.07, 6.45) is 0.597. The Hall–Kier alpha value is -2.84. The van der Waals surface area contributed by atoms with Crippen molar-refractivity contribution in [3.05, 3.63) is 86.3 Å². The Kier molecular flexibility index (Phi) is 7.05. The number of rotatable bonds is 6. The highest BCUT2D eigenvalue weighted by Crippen LogP contribution is 2.40. The second kappa shape index (κ2) is 9.97. The molecule has 3 aromatic carbocycles. The van der Waals surface area contributed by atoms with E-state index in [0.29, 0.717) is 29.2 Å². The van der Waals surface area contributed by atoms with Gasteiger partial charge in [0.05, 0.1) is 33.1 Å². The highest BCUT2D eigenvalue weighted by molar-refractivity contribution is 9.10. The summed E-state index contributed by atoms with van der Waals surface area (Å²) >= 11 is 6.95. The van der Waals surface area contributed by atoms with Gasteiger partial charge >= 0.3 is 0 Å². The molecule has 0 aliphatic carbocycles. The molecule has 0 fully saturated rings. The summed E-state index contributed by atoms with van der Waals surface area (Å²) in [7, 11) is 4.58. The van der Waals surface area contributed by atoms with Gasteiger partial charge in [-0.05, 0) is 47.5 Å². The molecule has 0 saturated heterocycles. The number of hydrogen-bond acceptors (Lipinski definition) is 5. The zero-order chi connectivity index (χ0) is 23.5. The second-order valence-electron chi connectivity index (χ2n) is 7.39. The van der Waals surface area contributed by atoms with Gasteiger partial charge in [-0.15, -0.1) is 0 Å². The number of halogens is 2. The first-order valence-electron chi connectivity index (χ1n) is 10.2. The van der Waals surface area contributed by atoms with Gasteiger partial charge in [-0.1, -0.05) is 56.1 Å². The summed E-state index contributed by atoms with van der Waals surface area (Å²) in [6.45, 7) is 0. The van der Waals surface area contributed by atoms with Gasteiger partial charge in [0.15, 0.2) is 11.5 Å². The third-order valence-electron chi connectivity index (χ3n) is 5.46. The zero-order valence-electron chi connectivity index (χ0n) is 18.3. The second-order valence-corrected chi connectivity index (χ2v) is 9.22. The molecule has 0 N–H and O–H groups in total. The molecule has 3 aromatic rings. The number of methoxy groups -OCH3 is 3. The predicted molar refractivity (Wildman–Crippen MR) is 134 cm³/mol. The molecule has 1 heterocycles. The molecule has 0 bridgehead atoms. The fourth-order valence-electron chi connectivity index (χ4n) is 3.80. The molecule has 0 saturated carbocycles. The molecular formula is C25H22Br2N2O4. The van der Waals surface area contributed by atoms with Gasteiger partial charge in [0.25, 0.3) is 5.91 Å². The Morgan fingerprint density at radius 1 is 0.879 bits per heavy atom. The van der Waals surface area contributed by atoms with Crippen molar-refractivity contribution in [3.63, 3.8) is 0 Å². The van der Waals surface area contributed by atoms with E-state index in [1.807, 2.05) is 48.5 Å². The lowest BCUT2D eigenvalue weighted by Gasteiger charge is -2.23. The van der Waals surface area contributed by atoms with Gasteiger partial charge < -0.3 is 14.2 Å². The molecule has 1 atom stereocenters. The lowest BCUT2D eigenvalue weighted by molar-refractivity contribution is 0.0710. The van der Waals surface area contributed by atoms with E-state index in [4.69, 9.17) is 19.3 Å². The van der Waals surface area contributed by atoms with E-state index >= 15 is 0 Å². The highest BCUT2D eigenvalue weighted by atomic mass is 79.9. The first-order valence-corrected chi connectivity index (χ1v) is 11.8. The first kappa shape index (κ1) is 23.3. The Morgan fingerprint density at radius 2 is 1.42 bits per heavy atom. The Morgan fingerprint density at radius 3 is 1.94 bits per heavy atom. The molecule has 0 spiro atoms. The van der Waals surface area contributed by atoms with Crippen molar-refractivity contribution in [2.75, 3.05) is 21.3 Å². The summed E-state index contributed by atoms with van der Waals surface area (Å²) in [6, 6.07) is 18.9. The van der Waals surface area contributed by atoms with Gasteiger partial charge in [-0.3, -0.25) is 4.79 Å². The average molecular weight is 574 g/mol. The van der Waals surface area contributed by atoms with Crippen LogP contribution in [-0.4, -0.2) is 38.0 Å². The third kappa shape index (κ3) is 4.77. The summed E-state index contributed by atoms with van der Waals surface area (Å²) < 4.78 is 18.2. The molecular weight excluding hydrogens is 552 g/mol. The number of nitrogens with zero attached hydrogens (tertiary/aromatic N) is 2. The monoisotopic (exact) mass is 572 g/mol. The van der Waals surface area contributed by atoms with Crippen LogP contribution >= 0.6 is 31.9 Å². The minimum atomic E-state index is -0.255. The van der Waals surface area contributed by atoms with Crippen LogP contribution in [0.25, 0.3) is 0 Å². The molecule has 8 heteroatoms. The van der Waals surface area contributed by atoms with Crippen molar-refractivity contribution >= 4 is 43.5 Å². The summed E-state index contributed by atoms with van der Waals surface area (Å²) in [4.78, 5) is 13.7. The maximum atomic E-state index is 13.7. The number of carbonyl (C=O) groups is 1. The van der Waals surface area contributed by atoms with Crippen molar-refractivity contribution < 1.29 is 19.0 Å². The van der Waals surface area contributed by atoms with Crippen molar-refractivity contribution in [3.8, 4) is 17.2 Å². The fraction of sp³-hybridized carbons (Fsp3) is 0.200. The Labute approximate surface area is 209 Å². The van der Waals surface area contributed by atoms with E-state index in [1.165, 1.54) is 21.3 Å². The first-order chi connectivity index (χ1) is 15.9. The minimum Gasteiger partial charge on any atom is -0.493 e. The van der Waals surface area contributed by atoms with Crippen LogP contribution in [0.5, 0.6) is 17.2 Å². The van der Waals surface area contributed by atoms with Gasteiger partial charge in [0.1, 0.15) is 0 Å². The largest absolute Gasteiger partial charge is 0.493 e. The molecule has 4 rings (SSSR count). The van der Waals surface area contributed by atoms with Crippen molar-refractivity contribution in [2.24, 2.45) is 5.10 Å². The number of amides is 1. The lowest BCUT2D eigenvalue weighted by Crippen LogP contribution is -2.27. The summed E-state index contributed by atoms with van der Waals surface area (Å²) in [5.41, 5.74) is 3.21. The van der Waals surface area contributed by atoms with Crippen LogP contribution in [0, 0.1) is 0 Å². The molecule has 1 aliphatic heterocycles. The minimum absolute atomic E-state index is 0.247. The van der Waals surface area contributed by atoms with E-state index in [-0.39, 0.29) is 11.9 Å². The molecule has 0 radical (unpaired) electrons. The Balaban J connectivity index is 1.77. The van der Waals surface area contributed by atoms with E-state index in [2.05, 4.69) is 31.9 Å². The molecule has 0 unspecified atom stereocenters. The van der Waals surface area contributed by atoms with Crippen LogP contribution in [0.1, 0.15) is 33.9 Å². The van der Waals surface area contributed by atoms with Gasteiger partial charge in [0.2, 0.25) is 5.75 Å². The molecule has 33 heavy (non-hydrogen) atoms. The molecule has 170 valence electrons. The quantitative estimate of drug-likeness (QED) is 0.351. The van der Waals surface area contributed by atoms with E-state index in [1.54, 1.807) is 17.1 Å². The standard InChI is InChI=1S/C25H22Br2N2O4/c1-31-22-12-17(13-23(32-2)24(22)33-3)25(30)29-21(16-6-10-19(27)11-7-16)14-20(28-29)15-4-8-18(26)9-5-15/h4-13,21H,14H2,1-3H3/t21-/m1/s1. The van der Waals surface area contributed by atoms with Crippen LogP contribution in [0.3, 0.4) is 0 Å². The lowest BCUT2D eigenvalue weighted by atomic mass is 9.98.